The minimum atomic E-state index is -0.0822. The number of ether oxygens (including phenoxy) is 1. The second-order valence-corrected chi connectivity index (χ2v) is 4.81. The number of carbonyl (C=O) groups excluding carboxylic acids is 1. The van der Waals surface area contributed by atoms with Gasteiger partial charge >= 0.3 is 0 Å². The van der Waals surface area contributed by atoms with E-state index in [1.807, 2.05) is 37.3 Å². The molecule has 4 nitrogen and oxygen atoms in total. The molecule has 0 aliphatic rings. The summed E-state index contributed by atoms with van der Waals surface area (Å²) in [7, 11) is 1.66. The van der Waals surface area contributed by atoms with Gasteiger partial charge in [-0.1, -0.05) is 30.3 Å². The maximum absolute atomic E-state index is 11.7. The van der Waals surface area contributed by atoms with Gasteiger partial charge in [0.25, 0.3) is 0 Å². The number of rotatable bonds is 8. The fraction of sp³-hybridized carbons (Fsp3) is 0.533. The van der Waals surface area contributed by atoms with E-state index in [0.717, 1.165) is 12.0 Å². The molecule has 1 amide bonds. The van der Waals surface area contributed by atoms with Gasteiger partial charge in [-0.25, -0.2) is 0 Å². The van der Waals surface area contributed by atoms with Crippen molar-refractivity contribution in [3.8, 4) is 0 Å². The summed E-state index contributed by atoms with van der Waals surface area (Å²) in [5.41, 5.74) is 7.13. The van der Waals surface area contributed by atoms with E-state index in [-0.39, 0.29) is 18.0 Å². The molecule has 0 aliphatic carbocycles. The van der Waals surface area contributed by atoms with Crippen LogP contribution in [0, 0.1) is 0 Å². The second-order valence-electron chi connectivity index (χ2n) is 4.81. The first-order valence-electron chi connectivity index (χ1n) is 6.72. The molecule has 0 aromatic heterocycles. The van der Waals surface area contributed by atoms with Crippen molar-refractivity contribution >= 4 is 5.91 Å². The number of carbonyl (C=O) groups is 1. The minimum Gasteiger partial charge on any atom is -0.385 e. The molecule has 0 aliphatic heterocycles. The molecule has 0 saturated carbocycles. The average molecular weight is 264 g/mol. The molecule has 2 unspecified atom stereocenters. The highest BCUT2D eigenvalue weighted by Crippen LogP contribution is 2.14. The van der Waals surface area contributed by atoms with Crippen molar-refractivity contribution in [2.24, 2.45) is 5.73 Å². The van der Waals surface area contributed by atoms with Gasteiger partial charge in [-0.2, -0.15) is 0 Å². The van der Waals surface area contributed by atoms with Gasteiger partial charge in [0, 0.05) is 32.2 Å². The molecule has 1 aromatic rings. The van der Waals surface area contributed by atoms with Crippen molar-refractivity contribution < 1.29 is 9.53 Å². The highest BCUT2D eigenvalue weighted by molar-refractivity contribution is 5.76. The Morgan fingerprint density at radius 3 is 2.63 bits per heavy atom. The first-order chi connectivity index (χ1) is 9.13. The predicted molar refractivity (Wildman–Crippen MR) is 76.7 cm³/mol. The van der Waals surface area contributed by atoms with Gasteiger partial charge in [0.2, 0.25) is 5.91 Å². The van der Waals surface area contributed by atoms with E-state index in [1.165, 1.54) is 0 Å². The van der Waals surface area contributed by atoms with Crippen LogP contribution in [-0.4, -0.2) is 25.7 Å². The van der Waals surface area contributed by atoms with Crippen LogP contribution in [-0.2, 0) is 9.53 Å². The van der Waals surface area contributed by atoms with Crippen LogP contribution in [0.3, 0.4) is 0 Å². The molecular formula is C15H24N2O2. The van der Waals surface area contributed by atoms with E-state index in [4.69, 9.17) is 10.5 Å². The Bertz CT molecular complexity index is 368. The van der Waals surface area contributed by atoms with E-state index >= 15 is 0 Å². The number of methoxy groups -OCH3 is 1. The molecule has 3 N–H and O–H groups in total. The van der Waals surface area contributed by atoms with Crippen molar-refractivity contribution in [3.05, 3.63) is 35.9 Å². The van der Waals surface area contributed by atoms with Crippen LogP contribution in [0.4, 0.5) is 0 Å². The number of amides is 1. The molecule has 4 heteroatoms. The van der Waals surface area contributed by atoms with Crippen molar-refractivity contribution in [1.29, 1.82) is 0 Å². The van der Waals surface area contributed by atoms with Crippen LogP contribution in [0.5, 0.6) is 0 Å². The smallest absolute Gasteiger partial charge is 0.220 e. The van der Waals surface area contributed by atoms with Crippen LogP contribution in [0.25, 0.3) is 0 Å². The number of nitrogens with two attached hydrogens (primary N) is 1. The summed E-state index contributed by atoms with van der Waals surface area (Å²) in [4.78, 5) is 11.7. The van der Waals surface area contributed by atoms with Crippen molar-refractivity contribution in [2.75, 3.05) is 13.7 Å². The van der Waals surface area contributed by atoms with Crippen LogP contribution in [0.15, 0.2) is 30.3 Å². The van der Waals surface area contributed by atoms with Crippen LogP contribution >= 0.6 is 0 Å². The van der Waals surface area contributed by atoms with E-state index in [2.05, 4.69) is 5.32 Å². The van der Waals surface area contributed by atoms with Gasteiger partial charge in [-0.05, 0) is 25.3 Å². The second kappa shape index (κ2) is 8.67. The Labute approximate surface area is 115 Å². The summed E-state index contributed by atoms with van der Waals surface area (Å²) in [5.74, 6) is 0.0509. The lowest BCUT2D eigenvalue weighted by atomic mass is 10.0. The largest absolute Gasteiger partial charge is 0.385 e. The Morgan fingerprint density at radius 1 is 1.32 bits per heavy atom. The van der Waals surface area contributed by atoms with E-state index in [1.54, 1.807) is 7.11 Å². The molecule has 106 valence electrons. The fourth-order valence-electron chi connectivity index (χ4n) is 1.87. The van der Waals surface area contributed by atoms with Crippen LogP contribution in [0.2, 0.25) is 0 Å². The number of nitrogens with one attached hydrogen (secondary N) is 1. The van der Waals surface area contributed by atoms with Gasteiger partial charge in [0.1, 0.15) is 0 Å². The molecule has 0 fully saturated rings. The predicted octanol–water partition coefficient (Wildman–Crippen LogP) is 2.01. The first kappa shape index (κ1) is 15.7. The van der Waals surface area contributed by atoms with Gasteiger partial charge in [-0.15, -0.1) is 0 Å². The van der Waals surface area contributed by atoms with Crippen molar-refractivity contribution in [1.82, 2.24) is 5.32 Å². The van der Waals surface area contributed by atoms with Crippen LogP contribution < -0.4 is 11.1 Å². The summed E-state index contributed by atoms with van der Waals surface area (Å²) >= 11 is 0. The summed E-state index contributed by atoms with van der Waals surface area (Å²) in [6.45, 7) is 2.64. The fourth-order valence-corrected chi connectivity index (χ4v) is 1.87. The van der Waals surface area contributed by atoms with Gasteiger partial charge in [0.05, 0.1) is 0 Å². The third-order valence-electron chi connectivity index (χ3n) is 3.07. The molecule has 0 saturated heterocycles. The lowest BCUT2D eigenvalue weighted by molar-refractivity contribution is -0.121. The van der Waals surface area contributed by atoms with Crippen molar-refractivity contribution in [2.45, 2.75) is 38.3 Å². The van der Waals surface area contributed by atoms with Gasteiger partial charge in [-0.3, -0.25) is 4.79 Å². The number of hydrogen-bond acceptors (Lipinski definition) is 3. The SMILES string of the molecule is COCCC(C)NC(=O)CCC(N)c1ccccc1. The molecule has 1 rings (SSSR count). The summed E-state index contributed by atoms with van der Waals surface area (Å²) < 4.78 is 4.98. The molecule has 0 heterocycles. The average Bonchev–Trinajstić information content (AvgIpc) is 2.43. The maximum Gasteiger partial charge on any atom is 0.220 e. The van der Waals surface area contributed by atoms with Gasteiger partial charge < -0.3 is 15.8 Å². The highest BCUT2D eigenvalue weighted by Gasteiger charge is 2.10. The van der Waals surface area contributed by atoms with Crippen molar-refractivity contribution in [3.63, 3.8) is 0 Å². The van der Waals surface area contributed by atoms with E-state index in [9.17, 15) is 4.79 Å². The van der Waals surface area contributed by atoms with E-state index < -0.39 is 0 Å². The Morgan fingerprint density at radius 2 is 2.00 bits per heavy atom. The summed E-state index contributed by atoms with van der Waals surface area (Å²) in [6, 6.07) is 9.92. The zero-order valence-corrected chi connectivity index (χ0v) is 11.8. The van der Waals surface area contributed by atoms with E-state index in [0.29, 0.717) is 19.4 Å². The molecule has 1 aromatic carbocycles. The quantitative estimate of drug-likeness (QED) is 0.755. The number of hydrogen-bond donors (Lipinski definition) is 2. The molecule has 0 bridgehead atoms. The zero-order valence-electron chi connectivity index (χ0n) is 11.8. The highest BCUT2D eigenvalue weighted by atomic mass is 16.5. The summed E-state index contributed by atoms with van der Waals surface area (Å²) in [5, 5.41) is 2.95. The Balaban J connectivity index is 2.26. The molecule has 0 radical (unpaired) electrons. The maximum atomic E-state index is 11.7. The molecule has 19 heavy (non-hydrogen) atoms. The lowest BCUT2D eigenvalue weighted by Gasteiger charge is -2.15. The Hall–Kier alpha value is -1.39. The van der Waals surface area contributed by atoms with Gasteiger partial charge in [0.15, 0.2) is 0 Å². The standard InChI is InChI=1S/C15H24N2O2/c1-12(10-11-19-2)17-15(18)9-8-14(16)13-6-4-3-5-7-13/h3-7,12,14H,8-11,16H2,1-2H3,(H,17,18). The topological polar surface area (TPSA) is 64.3 Å². The lowest BCUT2D eigenvalue weighted by Crippen LogP contribution is -2.33. The molecule has 2 atom stereocenters. The monoisotopic (exact) mass is 264 g/mol. The third kappa shape index (κ3) is 6.36. The normalized spacial score (nSPS) is 13.8. The van der Waals surface area contributed by atoms with Crippen LogP contribution in [0.1, 0.15) is 37.8 Å². The first-order valence-corrected chi connectivity index (χ1v) is 6.72. The zero-order chi connectivity index (χ0) is 14.1. The third-order valence-corrected chi connectivity index (χ3v) is 3.07. The molecular weight excluding hydrogens is 240 g/mol. The molecule has 0 spiro atoms. The Kier molecular flexibility index (Phi) is 7.15. The summed E-state index contributed by atoms with van der Waals surface area (Å²) in [6.07, 6.45) is 1.94. The number of benzene rings is 1. The minimum absolute atomic E-state index is 0.0509.